The molecule has 1 fully saturated rings. The van der Waals surface area contributed by atoms with E-state index in [0.717, 1.165) is 24.2 Å². The van der Waals surface area contributed by atoms with Crippen LogP contribution >= 0.6 is 23.4 Å². The molecule has 0 spiro atoms. The first-order valence-electron chi connectivity index (χ1n) is 8.35. The highest BCUT2D eigenvalue weighted by molar-refractivity contribution is 7.99. The van der Waals surface area contributed by atoms with Crippen LogP contribution in [0.1, 0.15) is 18.9 Å². The number of thioether (sulfide) groups is 1. The minimum absolute atomic E-state index is 0.0324. The van der Waals surface area contributed by atoms with Gasteiger partial charge in [0.05, 0.1) is 10.8 Å². The van der Waals surface area contributed by atoms with Crippen molar-refractivity contribution in [3.63, 3.8) is 0 Å². The van der Waals surface area contributed by atoms with E-state index in [4.69, 9.17) is 11.6 Å². The van der Waals surface area contributed by atoms with E-state index in [1.807, 2.05) is 12.1 Å². The molecule has 9 heteroatoms. The van der Waals surface area contributed by atoms with Gasteiger partial charge < -0.3 is 5.32 Å². The molecule has 0 radical (unpaired) electrons. The van der Waals surface area contributed by atoms with Gasteiger partial charge in [-0.15, -0.1) is 10.2 Å². The molecule has 1 saturated carbocycles. The topological polar surface area (TPSA) is 72.7 Å². The number of carbonyl (C=O) groups excluding carboxylic acids is 1. The lowest BCUT2D eigenvalue weighted by atomic mass is 10.3. The van der Waals surface area contributed by atoms with Crippen LogP contribution in [0.5, 0.6) is 0 Å². The molecule has 2 aromatic heterocycles. The predicted molar refractivity (Wildman–Crippen MR) is 102 cm³/mol. The molecule has 27 heavy (non-hydrogen) atoms. The molecule has 0 bridgehead atoms. The Morgan fingerprint density at radius 3 is 2.89 bits per heavy atom. The Labute approximate surface area is 164 Å². The maximum atomic E-state index is 13.2. The summed E-state index contributed by atoms with van der Waals surface area (Å²) in [6, 6.07) is 8.22. The largest absolute Gasteiger partial charge is 0.325 e. The Morgan fingerprint density at radius 1 is 1.33 bits per heavy atom. The Kier molecular flexibility index (Phi) is 5.09. The first kappa shape index (κ1) is 17.9. The smallest absolute Gasteiger partial charge is 0.234 e. The van der Waals surface area contributed by atoms with Crippen molar-refractivity contribution in [1.29, 1.82) is 0 Å². The molecule has 1 aliphatic rings. The quantitative estimate of drug-likeness (QED) is 0.624. The number of nitrogens with zero attached hydrogens (tertiary/aromatic N) is 4. The van der Waals surface area contributed by atoms with E-state index in [1.165, 1.54) is 30.0 Å². The number of pyridine rings is 1. The van der Waals surface area contributed by atoms with E-state index in [1.54, 1.807) is 12.4 Å². The highest BCUT2D eigenvalue weighted by Crippen LogP contribution is 2.40. The van der Waals surface area contributed by atoms with Gasteiger partial charge in [-0.3, -0.25) is 14.3 Å². The predicted octanol–water partition coefficient (Wildman–Crippen LogP) is 4.20. The van der Waals surface area contributed by atoms with Crippen LogP contribution in [-0.4, -0.2) is 31.4 Å². The Balaban J connectivity index is 1.46. The average Bonchev–Trinajstić information content (AvgIpc) is 3.43. The highest BCUT2D eigenvalue weighted by atomic mass is 35.5. The zero-order valence-corrected chi connectivity index (χ0v) is 15.7. The van der Waals surface area contributed by atoms with Crippen LogP contribution in [0.4, 0.5) is 10.1 Å². The lowest BCUT2D eigenvalue weighted by molar-refractivity contribution is -0.113. The van der Waals surface area contributed by atoms with E-state index in [0.29, 0.717) is 16.9 Å². The third-order valence-electron chi connectivity index (χ3n) is 4.03. The number of amides is 1. The lowest BCUT2D eigenvalue weighted by Crippen LogP contribution is -2.14. The van der Waals surface area contributed by atoms with E-state index in [9.17, 15) is 9.18 Å². The minimum atomic E-state index is -0.524. The van der Waals surface area contributed by atoms with E-state index in [-0.39, 0.29) is 16.7 Å². The van der Waals surface area contributed by atoms with E-state index < -0.39 is 5.82 Å². The molecule has 2 heterocycles. The third-order valence-corrected chi connectivity index (χ3v) is 5.26. The number of hydrogen-bond acceptors (Lipinski definition) is 5. The normalized spacial score (nSPS) is 13.6. The molecule has 0 saturated heterocycles. The third kappa shape index (κ3) is 4.12. The number of halogens is 2. The maximum Gasteiger partial charge on any atom is 0.234 e. The van der Waals surface area contributed by atoms with Gasteiger partial charge in [-0.05, 0) is 43.2 Å². The van der Waals surface area contributed by atoms with E-state index in [2.05, 4.69) is 25.1 Å². The molecule has 1 aromatic carbocycles. The van der Waals surface area contributed by atoms with Gasteiger partial charge in [-0.25, -0.2) is 4.39 Å². The second-order valence-electron chi connectivity index (χ2n) is 6.11. The molecule has 1 N–H and O–H groups in total. The molecule has 1 aliphatic carbocycles. The highest BCUT2D eigenvalue weighted by Gasteiger charge is 2.30. The van der Waals surface area contributed by atoms with Crippen molar-refractivity contribution < 1.29 is 9.18 Å². The molecule has 138 valence electrons. The van der Waals surface area contributed by atoms with Gasteiger partial charge in [0.1, 0.15) is 5.82 Å². The molecule has 4 rings (SSSR count). The first-order valence-corrected chi connectivity index (χ1v) is 9.71. The van der Waals surface area contributed by atoms with Crippen LogP contribution in [0.25, 0.3) is 11.4 Å². The Morgan fingerprint density at radius 2 is 2.19 bits per heavy atom. The minimum Gasteiger partial charge on any atom is -0.325 e. The number of hydrogen-bond donors (Lipinski definition) is 1. The summed E-state index contributed by atoms with van der Waals surface area (Å²) in [4.78, 5) is 16.4. The maximum absolute atomic E-state index is 13.2. The summed E-state index contributed by atoms with van der Waals surface area (Å²) < 4.78 is 15.3. The van der Waals surface area contributed by atoms with Crippen molar-refractivity contribution in [2.24, 2.45) is 0 Å². The molecular formula is C18H15ClFN5OS. The summed E-state index contributed by atoms with van der Waals surface area (Å²) in [5.74, 6) is 0.173. The van der Waals surface area contributed by atoms with Gasteiger partial charge in [0.25, 0.3) is 0 Å². The van der Waals surface area contributed by atoms with E-state index >= 15 is 0 Å². The zero-order chi connectivity index (χ0) is 18.8. The molecule has 0 unspecified atom stereocenters. The fourth-order valence-electron chi connectivity index (χ4n) is 2.63. The van der Waals surface area contributed by atoms with Gasteiger partial charge in [-0.1, -0.05) is 23.4 Å². The van der Waals surface area contributed by atoms with Gasteiger partial charge in [0.15, 0.2) is 11.0 Å². The van der Waals surface area contributed by atoms with Crippen LogP contribution in [0.15, 0.2) is 47.9 Å². The van der Waals surface area contributed by atoms with Crippen molar-refractivity contribution in [3.05, 3.63) is 53.6 Å². The Bertz CT molecular complexity index is 977. The summed E-state index contributed by atoms with van der Waals surface area (Å²) in [5.41, 5.74) is 1.35. The standard InChI is InChI=1S/C18H15ClFN5OS/c19-14-8-12(3-6-15(14)20)22-16(26)10-27-18-24-23-17(25(18)13-4-5-13)11-2-1-7-21-9-11/h1-3,6-9,13H,4-5,10H2,(H,22,26). The Hall–Kier alpha value is -2.45. The number of aromatic nitrogens is 4. The average molecular weight is 404 g/mol. The summed E-state index contributed by atoms with van der Waals surface area (Å²) in [6.45, 7) is 0. The fraction of sp³-hybridized carbons (Fsp3) is 0.222. The summed E-state index contributed by atoms with van der Waals surface area (Å²) in [6.07, 6.45) is 5.60. The van der Waals surface area contributed by atoms with Crippen molar-refractivity contribution >= 4 is 35.0 Å². The molecule has 6 nitrogen and oxygen atoms in total. The number of nitrogens with one attached hydrogen (secondary N) is 1. The van der Waals surface area contributed by atoms with Crippen LogP contribution in [-0.2, 0) is 4.79 Å². The second-order valence-corrected chi connectivity index (χ2v) is 7.46. The van der Waals surface area contributed by atoms with Crippen molar-refractivity contribution in [2.75, 3.05) is 11.1 Å². The molecule has 1 amide bonds. The lowest BCUT2D eigenvalue weighted by Gasteiger charge is -2.09. The summed E-state index contributed by atoms with van der Waals surface area (Å²) >= 11 is 7.05. The van der Waals surface area contributed by atoms with Crippen LogP contribution in [0.3, 0.4) is 0 Å². The van der Waals surface area contributed by atoms with Gasteiger partial charge in [0.2, 0.25) is 5.91 Å². The SMILES string of the molecule is O=C(CSc1nnc(-c2cccnc2)n1C1CC1)Nc1ccc(F)c(Cl)c1. The van der Waals surface area contributed by atoms with Gasteiger partial charge >= 0.3 is 0 Å². The van der Waals surface area contributed by atoms with Crippen molar-refractivity contribution in [1.82, 2.24) is 19.7 Å². The van der Waals surface area contributed by atoms with Crippen LogP contribution in [0, 0.1) is 5.82 Å². The van der Waals surface area contributed by atoms with Gasteiger partial charge in [0, 0.05) is 29.7 Å². The summed E-state index contributed by atoms with van der Waals surface area (Å²) in [5, 5.41) is 11.9. The van der Waals surface area contributed by atoms with Gasteiger partial charge in [-0.2, -0.15) is 0 Å². The molecule has 3 aromatic rings. The second kappa shape index (κ2) is 7.66. The number of anilines is 1. The van der Waals surface area contributed by atoms with Crippen LogP contribution in [0.2, 0.25) is 5.02 Å². The first-order chi connectivity index (χ1) is 13.1. The fourth-order valence-corrected chi connectivity index (χ4v) is 3.62. The molecular weight excluding hydrogens is 389 g/mol. The summed E-state index contributed by atoms with van der Waals surface area (Å²) in [7, 11) is 0. The number of benzene rings is 1. The van der Waals surface area contributed by atoms with Crippen molar-refractivity contribution in [3.8, 4) is 11.4 Å². The monoisotopic (exact) mass is 403 g/mol. The number of rotatable bonds is 6. The zero-order valence-electron chi connectivity index (χ0n) is 14.1. The van der Waals surface area contributed by atoms with Crippen molar-refractivity contribution in [2.45, 2.75) is 24.0 Å². The molecule has 0 atom stereocenters. The number of carbonyl (C=O) groups is 1. The molecule has 0 aliphatic heterocycles. The van der Waals surface area contributed by atoms with Crippen LogP contribution < -0.4 is 5.32 Å².